The maximum atomic E-state index is 5.60. The molecule has 0 aromatic heterocycles. The Balaban J connectivity index is 2.42. The second kappa shape index (κ2) is 5.61. The number of hydrogen-bond donors (Lipinski definition) is 1. The van der Waals surface area contributed by atoms with Gasteiger partial charge in [-0.2, -0.15) is 0 Å². The van der Waals surface area contributed by atoms with Gasteiger partial charge in [0.1, 0.15) is 0 Å². The fraction of sp³-hybridized carbons (Fsp3) is 1.00. The third-order valence-electron chi connectivity index (χ3n) is 3.02. The van der Waals surface area contributed by atoms with Crippen molar-refractivity contribution in [1.29, 1.82) is 0 Å². The highest BCUT2D eigenvalue weighted by Gasteiger charge is 2.30. The molecule has 3 unspecified atom stereocenters. The highest BCUT2D eigenvalue weighted by Crippen LogP contribution is 2.25. The van der Waals surface area contributed by atoms with E-state index in [-0.39, 0.29) is 0 Å². The van der Waals surface area contributed by atoms with Crippen LogP contribution < -0.4 is 5.32 Å². The zero-order valence-electron chi connectivity index (χ0n) is 9.18. The molecule has 0 aromatic carbocycles. The summed E-state index contributed by atoms with van der Waals surface area (Å²) in [7, 11) is 0. The summed E-state index contributed by atoms with van der Waals surface area (Å²) in [5.74, 6) is 0.736. The first-order valence-corrected chi connectivity index (χ1v) is 5.64. The van der Waals surface area contributed by atoms with Crippen molar-refractivity contribution in [2.75, 3.05) is 13.2 Å². The first-order valence-electron chi connectivity index (χ1n) is 5.64. The van der Waals surface area contributed by atoms with E-state index in [4.69, 9.17) is 4.74 Å². The largest absolute Gasteiger partial charge is 0.378 e. The zero-order valence-corrected chi connectivity index (χ0v) is 9.18. The Morgan fingerprint density at radius 3 is 2.69 bits per heavy atom. The van der Waals surface area contributed by atoms with Gasteiger partial charge >= 0.3 is 0 Å². The van der Waals surface area contributed by atoms with Gasteiger partial charge in [-0.3, -0.25) is 0 Å². The second-order valence-electron chi connectivity index (χ2n) is 3.98. The fourth-order valence-corrected chi connectivity index (χ4v) is 2.32. The van der Waals surface area contributed by atoms with Crippen LogP contribution in [-0.4, -0.2) is 25.3 Å². The average molecular weight is 185 g/mol. The summed E-state index contributed by atoms with van der Waals surface area (Å²) in [4.78, 5) is 0. The quantitative estimate of drug-likeness (QED) is 0.709. The average Bonchev–Trinajstić information content (AvgIpc) is 2.51. The van der Waals surface area contributed by atoms with Crippen LogP contribution >= 0.6 is 0 Å². The van der Waals surface area contributed by atoms with E-state index in [9.17, 15) is 0 Å². The minimum atomic E-state index is 0.454. The topological polar surface area (TPSA) is 21.3 Å². The molecule has 0 bridgehead atoms. The normalized spacial score (nSPS) is 30.7. The first kappa shape index (κ1) is 11.0. The van der Waals surface area contributed by atoms with Crippen molar-refractivity contribution in [2.24, 2.45) is 5.92 Å². The van der Waals surface area contributed by atoms with Crippen LogP contribution in [0.3, 0.4) is 0 Å². The Bertz CT molecular complexity index is 132. The molecule has 13 heavy (non-hydrogen) atoms. The Morgan fingerprint density at radius 2 is 2.23 bits per heavy atom. The molecule has 0 aromatic rings. The molecule has 78 valence electrons. The molecular formula is C11H23NO. The van der Waals surface area contributed by atoms with E-state index in [1.54, 1.807) is 0 Å². The molecule has 0 amide bonds. The molecule has 0 radical (unpaired) electrons. The molecule has 0 saturated carbocycles. The van der Waals surface area contributed by atoms with Gasteiger partial charge in [0.25, 0.3) is 0 Å². The Kier molecular flexibility index (Phi) is 4.74. The minimum Gasteiger partial charge on any atom is -0.378 e. The van der Waals surface area contributed by atoms with Gasteiger partial charge < -0.3 is 10.1 Å². The number of ether oxygens (including phenoxy) is 1. The highest BCUT2D eigenvalue weighted by atomic mass is 16.5. The zero-order chi connectivity index (χ0) is 9.68. The van der Waals surface area contributed by atoms with Crippen LogP contribution in [0.25, 0.3) is 0 Å². The Labute approximate surface area is 82.0 Å². The standard InChI is InChI=1S/C11H23NO/c1-4-6-11(12-5-2)10-7-8-13-9(10)3/h9-12H,4-8H2,1-3H3. The summed E-state index contributed by atoms with van der Waals surface area (Å²) in [6.07, 6.45) is 4.24. The van der Waals surface area contributed by atoms with Crippen LogP contribution in [-0.2, 0) is 4.74 Å². The van der Waals surface area contributed by atoms with E-state index >= 15 is 0 Å². The highest BCUT2D eigenvalue weighted by molar-refractivity contribution is 4.83. The predicted octanol–water partition coefficient (Wildman–Crippen LogP) is 2.19. The lowest BCUT2D eigenvalue weighted by Gasteiger charge is -2.26. The fourth-order valence-electron chi connectivity index (χ4n) is 2.32. The molecule has 1 saturated heterocycles. The summed E-state index contributed by atoms with van der Waals surface area (Å²) >= 11 is 0. The van der Waals surface area contributed by atoms with Crippen molar-refractivity contribution in [2.45, 2.75) is 52.2 Å². The van der Waals surface area contributed by atoms with Gasteiger partial charge in [-0.15, -0.1) is 0 Å². The maximum Gasteiger partial charge on any atom is 0.0590 e. The van der Waals surface area contributed by atoms with Crippen molar-refractivity contribution in [3.8, 4) is 0 Å². The molecule has 1 aliphatic heterocycles. The molecule has 2 nitrogen and oxygen atoms in total. The second-order valence-corrected chi connectivity index (χ2v) is 3.98. The van der Waals surface area contributed by atoms with Gasteiger partial charge in [0.15, 0.2) is 0 Å². The van der Waals surface area contributed by atoms with Crippen molar-refractivity contribution in [1.82, 2.24) is 5.32 Å². The summed E-state index contributed by atoms with van der Waals surface area (Å²) in [5.41, 5.74) is 0. The van der Waals surface area contributed by atoms with Gasteiger partial charge in [-0.05, 0) is 26.3 Å². The van der Waals surface area contributed by atoms with E-state index in [0.29, 0.717) is 12.1 Å². The molecule has 1 aliphatic rings. The van der Waals surface area contributed by atoms with Gasteiger partial charge in [0.2, 0.25) is 0 Å². The predicted molar refractivity (Wildman–Crippen MR) is 55.9 cm³/mol. The van der Waals surface area contributed by atoms with Crippen LogP contribution in [0.4, 0.5) is 0 Å². The lowest BCUT2D eigenvalue weighted by Crippen LogP contribution is -2.39. The van der Waals surface area contributed by atoms with Gasteiger partial charge in [0.05, 0.1) is 6.10 Å². The maximum absolute atomic E-state index is 5.60. The monoisotopic (exact) mass is 185 g/mol. The third-order valence-corrected chi connectivity index (χ3v) is 3.02. The molecule has 1 heterocycles. The summed E-state index contributed by atoms with van der Waals surface area (Å²) in [5, 5.41) is 3.58. The molecule has 3 atom stereocenters. The summed E-state index contributed by atoms with van der Waals surface area (Å²) < 4.78 is 5.60. The molecule has 0 aliphatic carbocycles. The van der Waals surface area contributed by atoms with Crippen molar-refractivity contribution < 1.29 is 4.74 Å². The summed E-state index contributed by atoms with van der Waals surface area (Å²) in [6, 6.07) is 0.674. The smallest absolute Gasteiger partial charge is 0.0590 e. The van der Waals surface area contributed by atoms with Gasteiger partial charge in [-0.1, -0.05) is 20.3 Å². The SMILES string of the molecule is CCCC(NCC)C1CCOC1C. The number of rotatable bonds is 5. The molecule has 1 N–H and O–H groups in total. The van der Waals surface area contributed by atoms with E-state index in [1.165, 1.54) is 19.3 Å². The lowest BCUT2D eigenvalue weighted by atomic mass is 9.90. The Morgan fingerprint density at radius 1 is 1.46 bits per heavy atom. The summed E-state index contributed by atoms with van der Waals surface area (Å²) in [6.45, 7) is 8.68. The van der Waals surface area contributed by atoms with E-state index in [1.807, 2.05) is 0 Å². The minimum absolute atomic E-state index is 0.454. The molecule has 1 rings (SSSR count). The molecule has 0 spiro atoms. The van der Waals surface area contributed by atoms with E-state index < -0.39 is 0 Å². The van der Waals surface area contributed by atoms with Gasteiger partial charge in [0, 0.05) is 18.6 Å². The number of nitrogens with one attached hydrogen (secondary N) is 1. The molecule has 2 heteroatoms. The van der Waals surface area contributed by atoms with Crippen molar-refractivity contribution in [3.05, 3.63) is 0 Å². The van der Waals surface area contributed by atoms with Crippen LogP contribution in [0.1, 0.15) is 40.0 Å². The van der Waals surface area contributed by atoms with Crippen LogP contribution in [0.15, 0.2) is 0 Å². The third kappa shape index (κ3) is 2.96. The van der Waals surface area contributed by atoms with Crippen molar-refractivity contribution in [3.63, 3.8) is 0 Å². The lowest BCUT2D eigenvalue weighted by molar-refractivity contribution is 0.0944. The van der Waals surface area contributed by atoms with Crippen LogP contribution in [0.5, 0.6) is 0 Å². The van der Waals surface area contributed by atoms with Crippen LogP contribution in [0.2, 0.25) is 0 Å². The van der Waals surface area contributed by atoms with E-state index in [2.05, 4.69) is 26.1 Å². The first-order chi connectivity index (χ1) is 6.29. The number of hydrogen-bond acceptors (Lipinski definition) is 2. The Hall–Kier alpha value is -0.0800. The van der Waals surface area contributed by atoms with Gasteiger partial charge in [-0.25, -0.2) is 0 Å². The van der Waals surface area contributed by atoms with Crippen molar-refractivity contribution >= 4 is 0 Å². The van der Waals surface area contributed by atoms with Crippen LogP contribution in [0, 0.1) is 5.92 Å². The molecular weight excluding hydrogens is 162 g/mol. The van der Waals surface area contributed by atoms with E-state index in [0.717, 1.165) is 19.1 Å². The molecule has 1 fully saturated rings.